The van der Waals surface area contributed by atoms with Gasteiger partial charge in [-0.3, -0.25) is 0 Å². The minimum absolute atomic E-state index is 0.00889. The van der Waals surface area contributed by atoms with Crippen molar-refractivity contribution in [1.29, 1.82) is 0 Å². The average molecular weight is 455 g/mol. The van der Waals surface area contributed by atoms with E-state index in [0.717, 1.165) is 71.6 Å². The minimum Gasteiger partial charge on any atom is -0.497 e. The summed E-state index contributed by atoms with van der Waals surface area (Å²) in [6.45, 7) is 6.50. The Bertz CT molecular complexity index is 1330. The van der Waals surface area contributed by atoms with E-state index in [1.165, 1.54) is 16.8 Å². The number of nitrogens with two attached hydrogens (primary N) is 1. The van der Waals surface area contributed by atoms with Gasteiger partial charge >= 0.3 is 0 Å². The third kappa shape index (κ3) is 3.88. The van der Waals surface area contributed by atoms with E-state index in [1.54, 1.807) is 7.11 Å². The van der Waals surface area contributed by atoms with Crippen molar-refractivity contribution in [3.63, 3.8) is 0 Å². The van der Waals surface area contributed by atoms with E-state index >= 15 is 0 Å². The first-order valence-electron chi connectivity index (χ1n) is 12.4. The molecule has 0 fully saturated rings. The monoisotopic (exact) mass is 454 g/mol. The highest BCUT2D eigenvalue weighted by atomic mass is 16.5. The molecule has 2 aromatic carbocycles. The number of ether oxygens (including phenoxy) is 1. The van der Waals surface area contributed by atoms with E-state index in [2.05, 4.69) is 67.8 Å². The van der Waals surface area contributed by atoms with Gasteiger partial charge in [0.1, 0.15) is 5.75 Å². The molecule has 0 aliphatic heterocycles. The van der Waals surface area contributed by atoms with Crippen LogP contribution < -0.4 is 10.5 Å². The summed E-state index contributed by atoms with van der Waals surface area (Å²) in [5.74, 6) is 1.26. The summed E-state index contributed by atoms with van der Waals surface area (Å²) in [6.07, 6.45) is 5.12. The van der Waals surface area contributed by atoms with E-state index in [1.807, 2.05) is 6.07 Å². The molecule has 2 unspecified atom stereocenters. The molecule has 34 heavy (non-hydrogen) atoms. The molecule has 1 aliphatic rings. The highest BCUT2D eigenvalue weighted by Gasteiger charge is 2.31. The van der Waals surface area contributed by atoms with Crippen molar-refractivity contribution >= 4 is 5.65 Å². The van der Waals surface area contributed by atoms with Crippen LogP contribution in [0.15, 0.2) is 48.5 Å². The Balaban J connectivity index is 1.67. The maximum absolute atomic E-state index is 6.57. The maximum Gasteiger partial charge on any atom is 0.163 e. The molecule has 2 N–H and O–H groups in total. The van der Waals surface area contributed by atoms with Crippen LogP contribution in [0.2, 0.25) is 0 Å². The number of rotatable bonds is 7. The first kappa shape index (κ1) is 22.6. The highest BCUT2D eigenvalue weighted by molar-refractivity contribution is 5.82. The topological polar surface area (TPSA) is 65.4 Å². The number of nitrogens with zero attached hydrogens (tertiary/aromatic N) is 3. The van der Waals surface area contributed by atoms with Gasteiger partial charge in [0, 0.05) is 17.5 Å². The molecule has 0 bridgehead atoms. The molecular weight excluding hydrogens is 420 g/mol. The molecule has 5 rings (SSSR count). The van der Waals surface area contributed by atoms with Gasteiger partial charge in [0.15, 0.2) is 5.65 Å². The van der Waals surface area contributed by atoms with Crippen LogP contribution in [0.1, 0.15) is 71.9 Å². The zero-order valence-corrected chi connectivity index (χ0v) is 20.6. The van der Waals surface area contributed by atoms with Crippen molar-refractivity contribution in [2.75, 3.05) is 7.11 Å². The second kappa shape index (κ2) is 9.22. The predicted molar refractivity (Wildman–Crippen MR) is 137 cm³/mol. The van der Waals surface area contributed by atoms with Gasteiger partial charge in [0.2, 0.25) is 0 Å². The number of aromatic nitrogens is 3. The fourth-order valence-corrected chi connectivity index (χ4v) is 5.52. The Morgan fingerprint density at radius 1 is 1.15 bits per heavy atom. The van der Waals surface area contributed by atoms with Gasteiger partial charge < -0.3 is 10.5 Å². The largest absolute Gasteiger partial charge is 0.497 e. The van der Waals surface area contributed by atoms with Gasteiger partial charge in [-0.05, 0) is 80.3 Å². The van der Waals surface area contributed by atoms with Crippen molar-refractivity contribution in [2.24, 2.45) is 5.73 Å². The second-order valence-corrected chi connectivity index (χ2v) is 9.51. The summed E-state index contributed by atoms with van der Waals surface area (Å²) in [7, 11) is 1.70. The van der Waals surface area contributed by atoms with Gasteiger partial charge in [-0.1, -0.05) is 43.3 Å². The Morgan fingerprint density at radius 2 is 1.94 bits per heavy atom. The molecule has 2 aromatic heterocycles. The lowest BCUT2D eigenvalue weighted by atomic mass is 9.90. The molecule has 176 valence electrons. The quantitative estimate of drug-likeness (QED) is 0.367. The Labute approximate surface area is 202 Å². The van der Waals surface area contributed by atoms with Crippen LogP contribution in [0.25, 0.3) is 16.8 Å². The molecule has 0 saturated carbocycles. The lowest BCUT2D eigenvalue weighted by Gasteiger charge is -2.21. The van der Waals surface area contributed by atoms with E-state index in [0.29, 0.717) is 5.92 Å². The number of aryl methyl sites for hydroxylation is 3. The predicted octanol–water partition coefficient (Wildman–Crippen LogP) is 6.09. The van der Waals surface area contributed by atoms with Crippen molar-refractivity contribution < 1.29 is 4.74 Å². The van der Waals surface area contributed by atoms with Gasteiger partial charge in [-0.25, -0.2) is 9.50 Å². The first-order chi connectivity index (χ1) is 16.5. The van der Waals surface area contributed by atoms with Crippen LogP contribution >= 0.6 is 0 Å². The fraction of sp³-hybridized carbons (Fsp3) is 0.379. The molecule has 5 heteroatoms. The second-order valence-electron chi connectivity index (χ2n) is 9.51. The molecule has 0 saturated heterocycles. The van der Waals surface area contributed by atoms with Gasteiger partial charge in [0.25, 0.3) is 0 Å². The van der Waals surface area contributed by atoms with Gasteiger partial charge in [-0.2, -0.15) is 5.10 Å². The van der Waals surface area contributed by atoms with E-state index in [9.17, 15) is 0 Å². The molecule has 4 aromatic rings. The molecule has 0 amide bonds. The normalized spacial score (nSPS) is 16.1. The summed E-state index contributed by atoms with van der Waals surface area (Å²) >= 11 is 0. The summed E-state index contributed by atoms with van der Waals surface area (Å²) in [5.41, 5.74) is 17.0. The van der Waals surface area contributed by atoms with Crippen molar-refractivity contribution in [2.45, 2.75) is 64.8 Å². The van der Waals surface area contributed by atoms with Crippen molar-refractivity contribution in [3.8, 4) is 16.9 Å². The van der Waals surface area contributed by atoms with Crippen LogP contribution in [0, 0.1) is 13.8 Å². The molecule has 0 spiro atoms. The van der Waals surface area contributed by atoms with E-state index in [4.69, 9.17) is 20.6 Å². The third-order valence-electron chi connectivity index (χ3n) is 7.37. The lowest BCUT2D eigenvalue weighted by molar-refractivity contribution is 0.414. The zero-order valence-electron chi connectivity index (χ0n) is 20.6. The summed E-state index contributed by atoms with van der Waals surface area (Å²) in [4.78, 5) is 5.16. The van der Waals surface area contributed by atoms with Crippen LogP contribution in [0.3, 0.4) is 0 Å². The summed E-state index contributed by atoms with van der Waals surface area (Å²) in [5, 5.41) is 5.08. The number of hydrogen-bond acceptors (Lipinski definition) is 4. The van der Waals surface area contributed by atoms with Crippen molar-refractivity contribution in [3.05, 3.63) is 82.3 Å². The number of fused-ring (bicyclic) bond motifs is 2. The fourth-order valence-electron chi connectivity index (χ4n) is 5.52. The molecule has 5 nitrogen and oxygen atoms in total. The van der Waals surface area contributed by atoms with E-state index < -0.39 is 0 Å². The first-order valence-corrected chi connectivity index (χ1v) is 12.4. The van der Waals surface area contributed by atoms with Gasteiger partial charge in [-0.15, -0.1) is 0 Å². The van der Waals surface area contributed by atoms with Crippen LogP contribution in [-0.4, -0.2) is 21.7 Å². The average Bonchev–Trinajstić information content (AvgIpc) is 3.38. The smallest absolute Gasteiger partial charge is 0.163 e. The van der Waals surface area contributed by atoms with Crippen LogP contribution in [0.5, 0.6) is 5.75 Å². The Hall–Kier alpha value is -3.18. The third-order valence-corrected chi connectivity index (χ3v) is 7.37. The minimum atomic E-state index is -0.00889. The maximum atomic E-state index is 6.57. The number of benzene rings is 2. The SMILES string of the molecule is CCC(CCc1ccccc1)c1c2c(nc3c(-c4ccc(OC)cc4C)c(C)nn13)C(N)CC2. The van der Waals surface area contributed by atoms with Crippen molar-refractivity contribution in [1.82, 2.24) is 14.6 Å². The lowest BCUT2D eigenvalue weighted by Crippen LogP contribution is -2.15. The summed E-state index contributed by atoms with van der Waals surface area (Å²) in [6, 6.07) is 17.0. The highest BCUT2D eigenvalue weighted by Crippen LogP contribution is 2.40. The van der Waals surface area contributed by atoms with Gasteiger partial charge in [0.05, 0.1) is 24.2 Å². The molecule has 2 heterocycles. The molecule has 1 aliphatic carbocycles. The molecule has 0 radical (unpaired) electrons. The number of methoxy groups -OCH3 is 1. The van der Waals surface area contributed by atoms with Crippen LogP contribution in [0.4, 0.5) is 0 Å². The van der Waals surface area contributed by atoms with Crippen LogP contribution in [-0.2, 0) is 12.8 Å². The molecule has 2 atom stereocenters. The Morgan fingerprint density at radius 3 is 2.65 bits per heavy atom. The zero-order chi connectivity index (χ0) is 23.8. The number of hydrogen-bond donors (Lipinski definition) is 1. The summed E-state index contributed by atoms with van der Waals surface area (Å²) < 4.78 is 7.58. The standard InChI is InChI=1S/C29H34N4O/c1-5-21(12-11-20-9-7-6-8-10-20)28-24-15-16-25(30)27(24)31-29-26(19(3)32-33(28)29)23-14-13-22(34-4)17-18(23)2/h6-10,13-14,17,21,25H,5,11-12,15-16,30H2,1-4H3. The molecular formula is C29H34N4O. The Kier molecular flexibility index (Phi) is 6.13. The van der Waals surface area contributed by atoms with E-state index in [-0.39, 0.29) is 6.04 Å².